The lowest BCUT2D eigenvalue weighted by Crippen LogP contribution is -3.00. The van der Waals surface area contributed by atoms with Gasteiger partial charge in [-0.05, 0) is 48.5 Å². The molecule has 0 unspecified atom stereocenters. The number of benzene rings is 4. The zero-order chi connectivity index (χ0) is 21.9. The molecule has 0 heterocycles. The van der Waals surface area contributed by atoms with Crippen molar-refractivity contribution in [1.82, 2.24) is 0 Å². The molecule has 0 aliphatic carbocycles. The van der Waals surface area contributed by atoms with E-state index in [2.05, 4.69) is 15.9 Å². The van der Waals surface area contributed by atoms with Crippen LogP contribution in [0.3, 0.4) is 0 Å². The monoisotopic (exact) mass is 578 g/mol. The largest absolute Gasteiger partial charge is 1.00 e. The van der Waals surface area contributed by atoms with Crippen LogP contribution in [0.4, 0.5) is 13.2 Å². The summed E-state index contributed by atoms with van der Waals surface area (Å²) < 4.78 is 42.4. The average Bonchev–Trinajstić information content (AvgIpc) is 2.79. The minimum absolute atomic E-state index is 0. The lowest BCUT2D eigenvalue weighted by molar-refractivity contribution is -0.138. The van der Waals surface area contributed by atoms with Crippen molar-refractivity contribution in [3.05, 3.63) is 125 Å². The van der Waals surface area contributed by atoms with Gasteiger partial charge < -0.3 is 17.0 Å². The first-order valence-corrected chi connectivity index (χ1v) is 12.6. The van der Waals surface area contributed by atoms with Gasteiger partial charge in [-0.25, -0.2) is 0 Å². The van der Waals surface area contributed by atoms with Gasteiger partial charge in [-0.15, -0.1) is 0 Å². The number of hydrogen-bond donors (Lipinski definition) is 0. The third-order valence-corrected chi connectivity index (χ3v) is 10.2. The van der Waals surface area contributed by atoms with E-state index in [-0.39, 0.29) is 23.1 Å². The van der Waals surface area contributed by atoms with Gasteiger partial charge in [0.05, 0.1) is 11.7 Å². The van der Waals surface area contributed by atoms with Crippen molar-refractivity contribution in [3.8, 4) is 0 Å². The van der Waals surface area contributed by atoms with Gasteiger partial charge in [-0.1, -0.05) is 76.6 Å². The summed E-state index contributed by atoms with van der Waals surface area (Å²) in [5.41, 5.74) is -0.283. The van der Waals surface area contributed by atoms with Crippen LogP contribution in [-0.4, -0.2) is 0 Å². The lowest BCUT2D eigenvalue weighted by atomic mass is 10.1. The van der Waals surface area contributed by atoms with Crippen LogP contribution in [0.25, 0.3) is 0 Å². The van der Waals surface area contributed by atoms with Crippen molar-refractivity contribution in [2.75, 3.05) is 0 Å². The van der Waals surface area contributed by atoms with E-state index in [1.54, 1.807) is 12.1 Å². The van der Waals surface area contributed by atoms with Crippen molar-refractivity contribution < 1.29 is 30.2 Å². The second kappa shape index (κ2) is 10.3. The smallest absolute Gasteiger partial charge is 0.416 e. The third-order valence-electron chi connectivity index (χ3n) is 5.38. The second-order valence-electron chi connectivity index (χ2n) is 7.27. The maximum absolute atomic E-state index is 14.0. The van der Waals surface area contributed by atoms with Crippen LogP contribution in [0.1, 0.15) is 11.1 Å². The van der Waals surface area contributed by atoms with E-state index in [1.165, 1.54) is 6.07 Å². The fraction of sp³-hybridized carbons (Fsp3) is 0.0769. The fourth-order valence-electron chi connectivity index (χ4n) is 3.97. The number of halogens is 5. The Morgan fingerprint density at radius 1 is 0.625 bits per heavy atom. The molecule has 32 heavy (non-hydrogen) atoms. The summed E-state index contributed by atoms with van der Waals surface area (Å²) in [5.74, 6) is 0. The zero-order valence-electron chi connectivity index (χ0n) is 16.9. The van der Waals surface area contributed by atoms with Gasteiger partial charge >= 0.3 is 6.18 Å². The fourth-order valence-corrected chi connectivity index (χ4v) is 8.61. The summed E-state index contributed by atoms with van der Waals surface area (Å²) in [6, 6.07) is 34.3. The van der Waals surface area contributed by atoms with Crippen LogP contribution in [0.15, 0.2) is 114 Å². The third kappa shape index (κ3) is 5.01. The van der Waals surface area contributed by atoms with Crippen LogP contribution >= 0.6 is 23.2 Å². The van der Waals surface area contributed by atoms with Gasteiger partial charge in [-0.2, -0.15) is 13.2 Å². The maximum Gasteiger partial charge on any atom is 0.416 e. The maximum atomic E-state index is 14.0. The first kappa shape index (κ1) is 24.7. The Hall–Kier alpha value is -1.94. The summed E-state index contributed by atoms with van der Waals surface area (Å²) in [7, 11) is -2.40. The Kier molecular flexibility index (Phi) is 7.97. The minimum atomic E-state index is -4.43. The molecular formula is C26H20Br2F3P. The molecule has 0 amide bonds. The molecule has 4 aromatic carbocycles. The predicted octanol–water partition coefficient (Wildman–Crippen LogP) is 3.97. The first-order chi connectivity index (χ1) is 14.9. The van der Waals surface area contributed by atoms with Crippen molar-refractivity contribution in [3.63, 3.8) is 0 Å². The van der Waals surface area contributed by atoms with Gasteiger partial charge in [0.1, 0.15) is 23.2 Å². The number of hydrogen-bond acceptors (Lipinski definition) is 0. The lowest BCUT2D eigenvalue weighted by Gasteiger charge is -2.29. The van der Waals surface area contributed by atoms with E-state index in [4.69, 9.17) is 0 Å². The second-order valence-corrected chi connectivity index (χ2v) is 11.7. The highest BCUT2D eigenvalue weighted by molar-refractivity contribution is 9.10. The Morgan fingerprint density at radius 2 is 1.03 bits per heavy atom. The highest BCUT2D eigenvalue weighted by Gasteiger charge is 2.47. The number of rotatable bonds is 5. The van der Waals surface area contributed by atoms with E-state index in [9.17, 15) is 13.2 Å². The average molecular weight is 580 g/mol. The molecular weight excluding hydrogens is 560 g/mol. The minimum Gasteiger partial charge on any atom is -1.00 e. The predicted molar refractivity (Wildman–Crippen MR) is 128 cm³/mol. The Morgan fingerprint density at radius 3 is 1.41 bits per heavy atom. The van der Waals surface area contributed by atoms with Crippen molar-refractivity contribution in [1.29, 1.82) is 0 Å². The molecule has 0 aliphatic rings. The summed E-state index contributed by atoms with van der Waals surface area (Å²) in [4.78, 5) is 0. The molecule has 0 spiro atoms. The molecule has 0 fully saturated rings. The molecule has 4 rings (SSSR count). The van der Waals surface area contributed by atoms with Gasteiger partial charge in [0.25, 0.3) is 0 Å². The van der Waals surface area contributed by atoms with Crippen molar-refractivity contribution in [2.24, 2.45) is 0 Å². The highest BCUT2D eigenvalue weighted by Crippen LogP contribution is 2.59. The topological polar surface area (TPSA) is 0 Å². The molecule has 4 aromatic rings. The molecule has 0 bridgehead atoms. The molecule has 6 heteroatoms. The normalized spacial score (nSPS) is 11.6. The van der Waals surface area contributed by atoms with Gasteiger partial charge in [-0.3, -0.25) is 0 Å². The van der Waals surface area contributed by atoms with Gasteiger partial charge in [0.15, 0.2) is 0 Å². The molecule has 0 aromatic heterocycles. The molecule has 0 saturated heterocycles. The van der Waals surface area contributed by atoms with E-state index >= 15 is 0 Å². The van der Waals surface area contributed by atoms with E-state index in [1.807, 2.05) is 91.0 Å². The first-order valence-electron chi connectivity index (χ1n) is 9.82. The van der Waals surface area contributed by atoms with Crippen LogP contribution in [0.5, 0.6) is 0 Å². The van der Waals surface area contributed by atoms with Crippen LogP contribution < -0.4 is 32.9 Å². The van der Waals surface area contributed by atoms with Crippen molar-refractivity contribution >= 4 is 39.1 Å². The van der Waals surface area contributed by atoms with E-state index in [0.29, 0.717) is 10.0 Å². The molecule has 0 nitrogen and oxygen atoms in total. The zero-order valence-corrected chi connectivity index (χ0v) is 21.0. The highest BCUT2D eigenvalue weighted by atomic mass is 79.9. The Balaban J connectivity index is 0.00000289. The molecule has 0 atom stereocenters. The van der Waals surface area contributed by atoms with Crippen LogP contribution in [0, 0.1) is 0 Å². The molecule has 0 saturated carbocycles. The molecule has 0 radical (unpaired) electrons. The van der Waals surface area contributed by atoms with E-state index < -0.39 is 19.0 Å². The summed E-state index contributed by atoms with van der Waals surface area (Å²) in [6.45, 7) is 0. The Bertz CT molecular complexity index is 1050. The standard InChI is InChI=1S/C26H20BrF3P.BrH/c27-21-17-16-20(25(18-21)26(28,29)30)19-31(22-10-4-1-5-11-22,23-12-6-2-7-13-23)24-14-8-3-9-15-24;/h1-18H,19H2;1H/q+1;/p-1. The van der Waals surface area contributed by atoms with E-state index in [0.717, 1.165) is 15.9 Å². The van der Waals surface area contributed by atoms with Crippen molar-refractivity contribution in [2.45, 2.75) is 12.3 Å². The summed E-state index contributed by atoms with van der Waals surface area (Å²) >= 11 is 3.21. The molecule has 164 valence electrons. The van der Waals surface area contributed by atoms with Gasteiger partial charge in [0, 0.05) is 10.0 Å². The van der Waals surface area contributed by atoms with Crippen LogP contribution in [0.2, 0.25) is 0 Å². The molecule has 0 N–H and O–H groups in total. The summed E-state index contributed by atoms with van der Waals surface area (Å²) in [6.07, 6.45) is -4.15. The number of alkyl halides is 3. The summed E-state index contributed by atoms with van der Waals surface area (Å²) in [5, 5.41) is 3.18. The molecule has 0 aliphatic heterocycles. The van der Waals surface area contributed by atoms with Crippen LogP contribution in [-0.2, 0) is 12.3 Å². The SMILES string of the molecule is FC(F)(F)c1cc(Br)ccc1C[P+](c1ccccc1)(c1ccccc1)c1ccccc1.[Br-]. The Labute approximate surface area is 205 Å². The quantitative estimate of drug-likeness (QED) is 0.314. The van der Waals surface area contributed by atoms with Gasteiger partial charge in [0.2, 0.25) is 0 Å².